The molecule has 10 atom stereocenters. The number of guanidine groups is 1. The number of benzene rings is 2. The average molecular weight is 1310 g/mol. The molecule has 0 saturated carbocycles. The number of carbonyl (C=O) groups is 11. The minimum absolute atomic E-state index is 0.0105. The fraction of sp³-hybridized carbons (Fsp3) is 0.600. The fourth-order valence-corrected chi connectivity index (χ4v) is 11.6. The van der Waals surface area contributed by atoms with Crippen molar-refractivity contribution in [1.82, 2.24) is 63.8 Å². The molecule has 0 bridgehead atoms. The third-order valence-corrected chi connectivity index (χ3v) is 16.6. The highest BCUT2D eigenvalue weighted by molar-refractivity contribution is 8.00. The summed E-state index contributed by atoms with van der Waals surface area (Å²) in [6, 6.07) is 5.33. The molecule has 2 aromatic carbocycles. The van der Waals surface area contributed by atoms with Gasteiger partial charge in [-0.15, -0.1) is 0 Å². The Hall–Kier alpha value is -8.33. The Bertz CT molecular complexity index is 2740. The molecule has 24 N–H and O–H groups in total. The van der Waals surface area contributed by atoms with E-state index in [-0.39, 0.29) is 107 Å². The minimum Gasteiger partial charge on any atom is -0.508 e. The van der Waals surface area contributed by atoms with Gasteiger partial charge in [0, 0.05) is 56.5 Å². The predicted molar refractivity (Wildman–Crippen MR) is 344 cm³/mol. The van der Waals surface area contributed by atoms with Gasteiger partial charge in [-0.05, 0) is 114 Å². The van der Waals surface area contributed by atoms with E-state index in [9.17, 15) is 57.8 Å². The number of nitrogens with two attached hydrogens (primary N) is 5. The van der Waals surface area contributed by atoms with Gasteiger partial charge >= 0.3 is 6.03 Å². The van der Waals surface area contributed by atoms with E-state index in [4.69, 9.17) is 38.8 Å². The molecule has 0 unspecified atom stereocenters. The van der Waals surface area contributed by atoms with Gasteiger partial charge in [0.1, 0.15) is 42.0 Å². The molecule has 0 spiro atoms. The van der Waals surface area contributed by atoms with E-state index in [1.54, 1.807) is 30.3 Å². The van der Waals surface area contributed by atoms with Gasteiger partial charge in [-0.25, -0.2) is 4.79 Å². The van der Waals surface area contributed by atoms with Crippen molar-refractivity contribution in [2.45, 2.75) is 169 Å². The molecule has 0 aromatic heterocycles. The molecule has 4 rings (SSSR count). The minimum atomic E-state index is -1.42. The number of thioether (sulfide) groups is 1. The van der Waals surface area contributed by atoms with Crippen LogP contribution in [0.15, 0.2) is 54.6 Å². The van der Waals surface area contributed by atoms with Crippen molar-refractivity contribution >= 4 is 82.8 Å². The molecule has 0 radical (unpaired) electrons. The lowest BCUT2D eigenvalue weighted by Gasteiger charge is -2.28. The highest BCUT2D eigenvalue weighted by atomic mass is 32.2. The summed E-state index contributed by atoms with van der Waals surface area (Å²) in [5.74, 6) is -6.63. The number of carbonyl (C=O) groups excluding carboxylic acids is 11. The molecular formula is C60H96N18O13S. The van der Waals surface area contributed by atoms with Crippen LogP contribution in [0.3, 0.4) is 0 Å². The van der Waals surface area contributed by atoms with Crippen molar-refractivity contribution in [3.63, 3.8) is 0 Å². The van der Waals surface area contributed by atoms with Gasteiger partial charge in [0.15, 0.2) is 5.96 Å². The zero-order valence-electron chi connectivity index (χ0n) is 52.3. The zero-order chi connectivity index (χ0) is 67.4. The first-order valence-electron chi connectivity index (χ1n) is 31.3. The second-order valence-corrected chi connectivity index (χ2v) is 23.9. The molecule has 12 amide bonds. The first-order chi connectivity index (χ1) is 44.1. The summed E-state index contributed by atoms with van der Waals surface area (Å²) in [7, 11) is 0. The second kappa shape index (κ2) is 41.9. The molecule has 510 valence electrons. The highest BCUT2D eigenvalue weighted by Gasteiger charge is 2.42. The molecule has 32 heteroatoms. The van der Waals surface area contributed by atoms with E-state index in [1.165, 1.54) is 31.2 Å². The molecule has 2 fully saturated rings. The van der Waals surface area contributed by atoms with Crippen LogP contribution in [-0.2, 0) is 65.5 Å². The molecular weight excluding hydrogens is 1210 g/mol. The number of urea groups is 1. The van der Waals surface area contributed by atoms with Crippen LogP contribution in [0, 0.1) is 5.41 Å². The number of primary amides is 1. The van der Waals surface area contributed by atoms with E-state index in [0.29, 0.717) is 68.1 Å². The van der Waals surface area contributed by atoms with Crippen LogP contribution >= 0.6 is 11.8 Å². The number of ether oxygens (including phenoxy) is 1. The topological polar surface area (TPSA) is 516 Å². The van der Waals surface area contributed by atoms with Crippen LogP contribution in [0.2, 0.25) is 0 Å². The molecule has 31 nitrogen and oxygen atoms in total. The summed E-state index contributed by atoms with van der Waals surface area (Å²) in [6.07, 6.45) is 4.58. The van der Waals surface area contributed by atoms with Crippen molar-refractivity contribution in [3.05, 3.63) is 65.7 Å². The maximum absolute atomic E-state index is 14.8. The summed E-state index contributed by atoms with van der Waals surface area (Å²) in [5, 5.41) is 50.5. The Morgan fingerprint density at radius 2 is 1.14 bits per heavy atom. The van der Waals surface area contributed by atoms with Gasteiger partial charge in [-0.2, -0.15) is 11.8 Å². The number of hydrogen-bond acceptors (Lipinski definition) is 18. The number of amides is 12. The standard InChI is InChI=1S/C60H96N18O13S/c1-36(71-53(84)40(63)33-48(64)80)52(83)72-43(17-11-26-69-59(65)66)55(86)74-42(16-8-10-25-62)56(87)75-44(31-37-13-3-2-4-14-37)58(89)76-45(32-38-20-22-39(79)23-21-38)57(88)73-41(15-7-9-24-61)54(85)70-34-50(82)68-28-30-91-29-12-27-67-49(81)19-6-5-18-47-51-46(35-92-47)77-60(90)78-51/h2-4,13-14,20-23,36,40-47,51,79H,5-12,15-19,24-35,61-63H2,1H3,(H2,64,80)(H,67,81)(H,68,82)(H,70,85)(H,71,84)(H,72,83)(H,73,88)(H,74,86)(H,75,87)(H,76,89)(H4,65,66,69)(H2,77,78,90)/t36-,40-,41-,42-,43-,44-,45-,46-,47-,51-/m0/s1. The normalized spacial score (nSPS) is 17.0. The number of rotatable bonds is 45. The Kier molecular flexibility index (Phi) is 34.7. The third kappa shape index (κ3) is 29.3. The smallest absolute Gasteiger partial charge is 0.315 e. The van der Waals surface area contributed by atoms with Crippen molar-refractivity contribution in [2.75, 3.05) is 58.2 Å². The summed E-state index contributed by atoms with van der Waals surface area (Å²) >= 11 is 1.84. The van der Waals surface area contributed by atoms with Crippen molar-refractivity contribution in [1.29, 1.82) is 5.41 Å². The summed E-state index contributed by atoms with van der Waals surface area (Å²) in [5.41, 5.74) is 29.1. The van der Waals surface area contributed by atoms with Crippen LogP contribution in [0.1, 0.15) is 108 Å². The van der Waals surface area contributed by atoms with E-state index in [0.717, 1.165) is 25.0 Å². The molecule has 2 heterocycles. The lowest BCUT2D eigenvalue weighted by Crippen LogP contribution is -2.60. The number of fused-ring (bicyclic) bond motifs is 1. The van der Waals surface area contributed by atoms with Gasteiger partial charge in [0.2, 0.25) is 59.1 Å². The number of hydrogen-bond donors (Lipinski definition) is 19. The Labute approximate surface area is 540 Å². The van der Waals surface area contributed by atoms with Crippen molar-refractivity contribution in [3.8, 4) is 5.75 Å². The van der Waals surface area contributed by atoms with Crippen LogP contribution in [0.4, 0.5) is 4.79 Å². The summed E-state index contributed by atoms with van der Waals surface area (Å²) in [6.45, 7) is 2.53. The summed E-state index contributed by atoms with van der Waals surface area (Å²) < 4.78 is 5.62. The molecule has 2 aliphatic rings. The maximum Gasteiger partial charge on any atom is 0.315 e. The highest BCUT2D eigenvalue weighted by Crippen LogP contribution is 2.33. The number of aromatic hydroxyl groups is 1. The monoisotopic (exact) mass is 1310 g/mol. The van der Waals surface area contributed by atoms with Crippen molar-refractivity contribution < 1.29 is 62.6 Å². The largest absolute Gasteiger partial charge is 0.508 e. The first-order valence-corrected chi connectivity index (χ1v) is 32.4. The Balaban J connectivity index is 1.40. The van der Waals surface area contributed by atoms with Gasteiger partial charge in [-0.3, -0.25) is 53.4 Å². The molecule has 92 heavy (non-hydrogen) atoms. The molecule has 2 aromatic rings. The summed E-state index contributed by atoms with van der Waals surface area (Å²) in [4.78, 5) is 146. The van der Waals surface area contributed by atoms with Gasteiger partial charge in [0.25, 0.3) is 0 Å². The van der Waals surface area contributed by atoms with Gasteiger partial charge in [0.05, 0.1) is 37.7 Å². The lowest BCUT2D eigenvalue weighted by atomic mass is 10.0. The number of nitrogens with one attached hydrogen (secondary N) is 13. The van der Waals surface area contributed by atoms with E-state index in [1.807, 2.05) is 11.8 Å². The first kappa shape index (κ1) is 76.1. The number of phenolic OH excluding ortho intramolecular Hbond substituents is 1. The van der Waals surface area contributed by atoms with Crippen molar-refractivity contribution in [2.24, 2.45) is 28.7 Å². The number of unbranched alkanes of at least 4 members (excludes halogenated alkanes) is 3. The fourth-order valence-electron chi connectivity index (χ4n) is 10.0. The van der Waals surface area contributed by atoms with Crippen LogP contribution in [-0.4, -0.2) is 194 Å². The zero-order valence-corrected chi connectivity index (χ0v) is 53.1. The van der Waals surface area contributed by atoms with Gasteiger partial charge < -0.3 is 102 Å². The molecule has 2 aliphatic heterocycles. The number of phenols is 1. The Morgan fingerprint density at radius 1 is 0.598 bits per heavy atom. The van der Waals surface area contributed by atoms with Crippen LogP contribution in [0.25, 0.3) is 0 Å². The molecule has 2 saturated heterocycles. The third-order valence-electron chi connectivity index (χ3n) is 15.1. The van der Waals surface area contributed by atoms with Crippen LogP contribution < -0.4 is 92.5 Å². The van der Waals surface area contributed by atoms with Crippen LogP contribution in [0.5, 0.6) is 5.75 Å². The van der Waals surface area contributed by atoms with Gasteiger partial charge in [-0.1, -0.05) is 48.9 Å². The quantitative estimate of drug-likeness (QED) is 0.0131. The Morgan fingerprint density at radius 3 is 1.74 bits per heavy atom. The van der Waals surface area contributed by atoms with E-state index < -0.39 is 108 Å². The SMILES string of the molecule is C[C@H](NC(=O)[C@@H](N)CC(N)=O)C(=O)N[C@@H](CCCNC(=N)N)C(=O)N[C@@H](CCCCN)C(=O)N[C@@H](Cc1ccccc1)C(=O)N[C@@H](Cc1ccc(O)cc1)C(=O)N[C@@H](CCCCN)C(=O)NCC(=O)NCCOCCCNC(=O)CCCC[C@@H]1SC[C@@H]2NC(=O)N[C@@H]21. The average Bonchev–Trinajstić information content (AvgIpc) is 1.70. The van der Waals surface area contributed by atoms with E-state index in [2.05, 4.69) is 63.8 Å². The second-order valence-electron chi connectivity index (χ2n) is 22.7. The molecule has 0 aliphatic carbocycles. The maximum atomic E-state index is 14.8. The predicted octanol–water partition coefficient (Wildman–Crippen LogP) is -3.69. The van der Waals surface area contributed by atoms with E-state index >= 15 is 0 Å². The lowest BCUT2D eigenvalue weighted by molar-refractivity contribution is -0.135.